The van der Waals surface area contributed by atoms with Crippen molar-refractivity contribution in [3.8, 4) is 0 Å². The van der Waals surface area contributed by atoms with Crippen molar-refractivity contribution in [1.82, 2.24) is 9.97 Å². The molecule has 0 aliphatic rings. The lowest BCUT2D eigenvalue weighted by atomic mass is 10.2. The molecule has 0 saturated heterocycles. The van der Waals surface area contributed by atoms with Gasteiger partial charge in [-0.1, -0.05) is 23.7 Å². The predicted molar refractivity (Wildman–Crippen MR) is 77.7 cm³/mol. The summed E-state index contributed by atoms with van der Waals surface area (Å²) in [5, 5.41) is 0.730. The third kappa shape index (κ3) is 2.91. The first-order chi connectivity index (χ1) is 8.58. The highest BCUT2D eigenvalue weighted by Crippen LogP contribution is 2.27. The van der Waals surface area contributed by atoms with Crippen LogP contribution in [0.15, 0.2) is 35.1 Å². The van der Waals surface area contributed by atoms with Crippen LogP contribution < -0.4 is 10.6 Å². The summed E-state index contributed by atoms with van der Waals surface area (Å²) in [4.78, 5) is 10.1. The molecule has 1 aromatic carbocycles. The molecule has 0 amide bonds. The van der Waals surface area contributed by atoms with Crippen molar-refractivity contribution < 1.29 is 0 Å². The lowest BCUT2D eigenvalue weighted by Gasteiger charge is -2.19. The maximum absolute atomic E-state index is 5.85. The minimum atomic E-state index is 0.433. The van der Waals surface area contributed by atoms with E-state index in [0.717, 1.165) is 16.4 Å². The molecule has 0 saturated carbocycles. The summed E-state index contributed by atoms with van der Waals surface area (Å²) in [5.74, 6) is 1.19. The molecule has 94 valence electrons. The van der Waals surface area contributed by atoms with Gasteiger partial charge in [-0.25, -0.2) is 9.97 Å². The van der Waals surface area contributed by atoms with E-state index in [4.69, 9.17) is 17.3 Å². The molecule has 1 aromatic heterocycles. The maximum atomic E-state index is 5.85. The van der Waals surface area contributed by atoms with Crippen molar-refractivity contribution in [3.63, 3.8) is 0 Å². The van der Waals surface area contributed by atoms with Crippen LogP contribution in [0, 0.1) is 0 Å². The second kappa shape index (κ2) is 5.54. The highest BCUT2D eigenvalue weighted by Gasteiger charge is 2.10. The standard InChI is InChI=1S/C12H12BrClN4/c1-18(6-8-2-4-9(14)5-3-8)12-10(13)11(15)16-7-17-12/h2-5,7H,6H2,1H3,(H2,15,16,17). The van der Waals surface area contributed by atoms with Crippen LogP contribution in [0.1, 0.15) is 5.56 Å². The fourth-order valence-corrected chi connectivity index (χ4v) is 2.21. The number of anilines is 2. The lowest BCUT2D eigenvalue weighted by molar-refractivity contribution is 0.887. The van der Waals surface area contributed by atoms with Crippen LogP contribution in [0.2, 0.25) is 5.02 Å². The van der Waals surface area contributed by atoms with E-state index in [1.54, 1.807) is 0 Å². The molecule has 6 heteroatoms. The third-order valence-corrected chi connectivity index (χ3v) is 3.51. The van der Waals surface area contributed by atoms with E-state index in [0.29, 0.717) is 16.8 Å². The van der Waals surface area contributed by atoms with Crippen molar-refractivity contribution in [1.29, 1.82) is 0 Å². The molecule has 0 atom stereocenters. The van der Waals surface area contributed by atoms with E-state index in [-0.39, 0.29) is 0 Å². The van der Waals surface area contributed by atoms with Crippen LogP contribution >= 0.6 is 27.5 Å². The smallest absolute Gasteiger partial charge is 0.148 e. The largest absolute Gasteiger partial charge is 0.383 e. The Morgan fingerprint density at radius 2 is 1.94 bits per heavy atom. The van der Waals surface area contributed by atoms with Crippen molar-refractivity contribution in [2.75, 3.05) is 17.7 Å². The molecule has 0 fully saturated rings. The molecular weight excluding hydrogens is 316 g/mol. The molecule has 2 N–H and O–H groups in total. The van der Waals surface area contributed by atoms with Gasteiger partial charge in [0, 0.05) is 18.6 Å². The van der Waals surface area contributed by atoms with Crippen LogP contribution in [-0.4, -0.2) is 17.0 Å². The zero-order valence-corrected chi connectivity index (χ0v) is 12.1. The second-order valence-electron chi connectivity index (χ2n) is 3.88. The molecule has 0 spiro atoms. The summed E-state index contributed by atoms with van der Waals surface area (Å²) in [7, 11) is 1.95. The summed E-state index contributed by atoms with van der Waals surface area (Å²) >= 11 is 9.25. The van der Waals surface area contributed by atoms with E-state index >= 15 is 0 Å². The van der Waals surface area contributed by atoms with E-state index in [1.165, 1.54) is 6.33 Å². The van der Waals surface area contributed by atoms with Crippen molar-refractivity contribution in [2.24, 2.45) is 0 Å². The second-order valence-corrected chi connectivity index (χ2v) is 5.11. The minimum absolute atomic E-state index is 0.433. The Labute approximate surface area is 119 Å². The quantitative estimate of drug-likeness (QED) is 0.941. The first-order valence-electron chi connectivity index (χ1n) is 5.29. The van der Waals surface area contributed by atoms with Gasteiger partial charge in [0.15, 0.2) is 0 Å². The summed E-state index contributed by atoms with van der Waals surface area (Å²) < 4.78 is 0.710. The molecule has 1 heterocycles. The summed E-state index contributed by atoms with van der Waals surface area (Å²) in [6.45, 7) is 0.715. The molecule has 0 unspecified atom stereocenters. The van der Waals surface area contributed by atoms with Crippen molar-refractivity contribution in [3.05, 3.63) is 45.7 Å². The van der Waals surface area contributed by atoms with Gasteiger partial charge in [0.1, 0.15) is 22.4 Å². The zero-order valence-electron chi connectivity index (χ0n) is 9.77. The summed E-state index contributed by atoms with van der Waals surface area (Å²) in [6, 6.07) is 7.71. The van der Waals surface area contributed by atoms with Gasteiger partial charge in [0.25, 0.3) is 0 Å². The number of hydrogen-bond acceptors (Lipinski definition) is 4. The van der Waals surface area contributed by atoms with Crippen molar-refractivity contribution >= 4 is 39.2 Å². The maximum Gasteiger partial charge on any atom is 0.148 e. The van der Waals surface area contributed by atoms with Crippen LogP contribution in [0.5, 0.6) is 0 Å². The molecule has 0 aliphatic heterocycles. The van der Waals surface area contributed by atoms with Crippen LogP contribution in [0.3, 0.4) is 0 Å². The van der Waals surface area contributed by atoms with Crippen molar-refractivity contribution in [2.45, 2.75) is 6.54 Å². The van der Waals surface area contributed by atoms with Gasteiger partial charge >= 0.3 is 0 Å². The van der Waals surface area contributed by atoms with E-state index < -0.39 is 0 Å². The molecule has 18 heavy (non-hydrogen) atoms. The number of rotatable bonds is 3. The highest BCUT2D eigenvalue weighted by atomic mass is 79.9. The number of nitrogen functional groups attached to an aromatic ring is 1. The fraction of sp³-hybridized carbons (Fsp3) is 0.167. The zero-order chi connectivity index (χ0) is 13.1. The number of halogens is 2. The first-order valence-corrected chi connectivity index (χ1v) is 6.46. The molecule has 4 nitrogen and oxygen atoms in total. The number of nitrogens with zero attached hydrogens (tertiary/aromatic N) is 3. The van der Waals surface area contributed by atoms with Gasteiger partial charge in [0.05, 0.1) is 0 Å². The van der Waals surface area contributed by atoms with E-state index in [9.17, 15) is 0 Å². The third-order valence-electron chi connectivity index (χ3n) is 2.49. The molecule has 2 aromatic rings. The molecule has 0 radical (unpaired) electrons. The average molecular weight is 328 g/mol. The minimum Gasteiger partial charge on any atom is -0.383 e. The van der Waals surface area contributed by atoms with Gasteiger partial charge in [-0.3, -0.25) is 0 Å². The Morgan fingerprint density at radius 3 is 2.61 bits per heavy atom. The number of aromatic nitrogens is 2. The highest BCUT2D eigenvalue weighted by molar-refractivity contribution is 9.10. The Kier molecular flexibility index (Phi) is 4.04. The summed E-state index contributed by atoms with van der Waals surface area (Å²) in [6.07, 6.45) is 1.45. The normalized spacial score (nSPS) is 10.4. The van der Waals surface area contributed by atoms with Gasteiger partial charge in [-0.15, -0.1) is 0 Å². The monoisotopic (exact) mass is 326 g/mol. The average Bonchev–Trinajstić information content (AvgIpc) is 2.35. The molecule has 0 bridgehead atoms. The fourth-order valence-electron chi connectivity index (χ4n) is 1.58. The van der Waals surface area contributed by atoms with Crippen LogP contribution in [0.4, 0.5) is 11.6 Å². The number of nitrogens with two attached hydrogens (primary N) is 1. The summed E-state index contributed by atoms with van der Waals surface area (Å²) in [5.41, 5.74) is 6.87. The molecule has 0 aliphatic carbocycles. The van der Waals surface area contributed by atoms with E-state index in [2.05, 4.69) is 25.9 Å². The molecule has 2 rings (SSSR count). The van der Waals surface area contributed by atoms with Crippen LogP contribution in [-0.2, 0) is 6.54 Å². The van der Waals surface area contributed by atoms with Gasteiger partial charge in [0.2, 0.25) is 0 Å². The van der Waals surface area contributed by atoms with Gasteiger partial charge in [-0.2, -0.15) is 0 Å². The topological polar surface area (TPSA) is 55.0 Å². The predicted octanol–water partition coefficient (Wildman–Crippen LogP) is 3.11. The molecular formula is C12H12BrClN4. The Bertz CT molecular complexity index is 544. The Morgan fingerprint density at radius 1 is 1.28 bits per heavy atom. The Hall–Kier alpha value is -1.33. The van der Waals surface area contributed by atoms with Crippen LogP contribution in [0.25, 0.3) is 0 Å². The van der Waals surface area contributed by atoms with Gasteiger partial charge < -0.3 is 10.6 Å². The number of hydrogen-bond donors (Lipinski definition) is 1. The Balaban J connectivity index is 2.19. The van der Waals surface area contributed by atoms with Gasteiger partial charge in [-0.05, 0) is 33.6 Å². The SMILES string of the molecule is CN(Cc1ccc(Cl)cc1)c1ncnc(N)c1Br. The first kappa shape index (κ1) is 13.1. The number of benzene rings is 1. The lowest BCUT2D eigenvalue weighted by Crippen LogP contribution is -2.18. The van der Waals surface area contributed by atoms with E-state index in [1.807, 2.05) is 36.2 Å².